The third-order valence-corrected chi connectivity index (χ3v) is 6.49. The van der Waals surface area contributed by atoms with Crippen LogP contribution in [0.4, 0.5) is 5.13 Å². The Morgan fingerprint density at radius 3 is 2.61 bits per heavy atom. The van der Waals surface area contributed by atoms with Gasteiger partial charge in [0.25, 0.3) is 5.91 Å². The van der Waals surface area contributed by atoms with Crippen molar-refractivity contribution in [3.8, 4) is 11.4 Å². The molecule has 9 heteroatoms. The Balaban J connectivity index is 1.55. The molecule has 4 rings (SSSR count). The fraction of sp³-hybridized carbons (Fsp3) is 0.211. The third kappa shape index (κ3) is 4.11. The van der Waals surface area contributed by atoms with Crippen LogP contribution in [0.1, 0.15) is 28.8 Å². The summed E-state index contributed by atoms with van der Waals surface area (Å²) in [5.74, 6) is 0.110. The molecule has 0 spiro atoms. The molecule has 1 fully saturated rings. The molecule has 144 valence electrons. The predicted molar refractivity (Wildman–Crippen MR) is 108 cm³/mol. The number of aryl methyl sites for hydroxylation is 1. The van der Waals surface area contributed by atoms with Gasteiger partial charge in [-0.3, -0.25) is 10.1 Å². The number of nitrogens with one attached hydrogen (secondary N) is 2. The molecule has 3 aromatic rings. The second kappa shape index (κ2) is 7.42. The van der Waals surface area contributed by atoms with Crippen molar-refractivity contribution < 1.29 is 13.2 Å². The number of carbonyl (C=O) groups excluding carboxylic acids is 1. The van der Waals surface area contributed by atoms with Crippen LogP contribution in [0.25, 0.3) is 11.4 Å². The zero-order valence-electron chi connectivity index (χ0n) is 15.0. The molecular weight excluding hydrogens is 396 g/mol. The van der Waals surface area contributed by atoms with E-state index in [1.54, 1.807) is 13.0 Å². The van der Waals surface area contributed by atoms with Crippen molar-refractivity contribution in [1.82, 2.24) is 14.1 Å². The molecule has 0 saturated heterocycles. The highest BCUT2D eigenvalue weighted by molar-refractivity contribution is 7.89. The minimum absolute atomic E-state index is 0.00128. The number of benzene rings is 2. The van der Waals surface area contributed by atoms with Gasteiger partial charge in [0.05, 0.1) is 4.90 Å². The quantitative estimate of drug-likeness (QED) is 0.645. The van der Waals surface area contributed by atoms with Gasteiger partial charge < -0.3 is 0 Å². The van der Waals surface area contributed by atoms with E-state index in [1.165, 1.54) is 12.1 Å². The Labute approximate surface area is 167 Å². The minimum atomic E-state index is -3.63. The topological polar surface area (TPSA) is 101 Å². The molecule has 1 saturated carbocycles. The van der Waals surface area contributed by atoms with Crippen LogP contribution in [0.15, 0.2) is 53.4 Å². The number of aromatic nitrogens is 2. The van der Waals surface area contributed by atoms with E-state index in [4.69, 9.17) is 0 Å². The van der Waals surface area contributed by atoms with Crippen molar-refractivity contribution in [2.24, 2.45) is 0 Å². The molecule has 0 unspecified atom stereocenters. The molecule has 7 nitrogen and oxygen atoms in total. The summed E-state index contributed by atoms with van der Waals surface area (Å²) in [6.45, 7) is 1.76. The van der Waals surface area contributed by atoms with Gasteiger partial charge in [-0.15, -0.1) is 0 Å². The van der Waals surface area contributed by atoms with Crippen molar-refractivity contribution >= 4 is 32.6 Å². The van der Waals surface area contributed by atoms with Crippen molar-refractivity contribution in [3.63, 3.8) is 0 Å². The number of rotatable bonds is 6. The first kappa shape index (κ1) is 18.7. The first-order chi connectivity index (χ1) is 13.4. The van der Waals surface area contributed by atoms with Crippen LogP contribution < -0.4 is 10.0 Å². The summed E-state index contributed by atoms with van der Waals surface area (Å²) < 4.78 is 31.7. The Bertz CT molecular complexity index is 1120. The Hall–Kier alpha value is -2.62. The molecule has 0 bridgehead atoms. The van der Waals surface area contributed by atoms with Crippen LogP contribution in [0.3, 0.4) is 0 Å². The summed E-state index contributed by atoms with van der Waals surface area (Å²) in [7, 11) is -3.63. The number of hydrogen-bond acceptors (Lipinski definition) is 6. The highest BCUT2D eigenvalue weighted by Crippen LogP contribution is 2.24. The molecule has 2 aromatic carbocycles. The lowest BCUT2D eigenvalue weighted by molar-refractivity contribution is 0.102. The zero-order valence-corrected chi connectivity index (χ0v) is 16.7. The summed E-state index contributed by atoms with van der Waals surface area (Å²) >= 11 is 1.08. The standard InChI is InChI=1S/C19H18N4O3S2/c1-12-7-10-15(28(25,26)23-14-8-9-14)11-16(12)18(24)21-19-20-17(22-27-19)13-5-3-2-4-6-13/h2-7,10-11,14,23H,8-9H2,1H3,(H,20,21,22,24). The first-order valence-electron chi connectivity index (χ1n) is 8.76. The Morgan fingerprint density at radius 1 is 1.14 bits per heavy atom. The molecule has 2 N–H and O–H groups in total. The molecule has 28 heavy (non-hydrogen) atoms. The lowest BCUT2D eigenvalue weighted by Gasteiger charge is -2.10. The van der Waals surface area contributed by atoms with Crippen LogP contribution in [0.2, 0.25) is 0 Å². The molecular formula is C19H18N4O3S2. The largest absolute Gasteiger partial charge is 0.297 e. The van der Waals surface area contributed by atoms with Crippen LogP contribution in [0.5, 0.6) is 0 Å². The maximum atomic E-state index is 12.7. The predicted octanol–water partition coefficient (Wildman–Crippen LogP) is 3.21. The fourth-order valence-electron chi connectivity index (χ4n) is 2.64. The van der Waals surface area contributed by atoms with Crippen LogP contribution >= 0.6 is 11.5 Å². The monoisotopic (exact) mass is 414 g/mol. The van der Waals surface area contributed by atoms with E-state index in [2.05, 4.69) is 19.4 Å². The third-order valence-electron chi connectivity index (χ3n) is 4.34. The van der Waals surface area contributed by atoms with Crippen molar-refractivity contribution in [1.29, 1.82) is 0 Å². The van der Waals surface area contributed by atoms with E-state index in [0.29, 0.717) is 16.5 Å². The van der Waals surface area contributed by atoms with E-state index in [-0.39, 0.29) is 16.5 Å². The summed E-state index contributed by atoms with van der Waals surface area (Å²) in [5, 5.41) is 3.07. The Morgan fingerprint density at radius 2 is 1.89 bits per heavy atom. The van der Waals surface area contributed by atoms with Gasteiger partial charge in [0.2, 0.25) is 15.2 Å². The van der Waals surface area contributed by atoms with Gasteiger partial charge in [0.15, 0.2) is 5.82 Å². The molecule has 0 aliphatic heterocycles. The average Bonchev–Trinajstić information content (AvgIpc) is 3.36. The number of carbonyl (C=O) groups is 1. The van der Waals surface area contributed by atoms with E-state index < -0.39 is 15.9 Å². The SMILES string of the molecule is Cc1ccc(S(=O)(=O)NC2CC2)cc1C(=O)Nc1nc(-c2ccccc2)ns1. The molecule has 0 radical (unpaired) electrons. The Kier molecular flexibility index (Phi) is 4.96. The lowest BCUT2D eigenvalue weighted by Crippen LogP contribution is -2.26. The van der Waals surface area contributed by atoms with Gasteiger partial charge in [-0.2, -0.15) is 9.36 Å². The van der Waals surface area contributed by atoms with Gasteiger partial charge in [0.1, 0.15) is 0 Å². The minimum Gasteiger partial charge on any atom is -0.297 e. The van der Waals surface area contributed by atoms with Crippen molar-refractivity contribution in [2.45, 2.75) is 30.7 Å². The molecule has 1 aromatic heterocycles. The number of nitrogens with zero attached hydrogens (tertiary/aromatic N) is 2. The van der Waals surface area contributed by atoms with Crippen LogP contribution in [0, 0.1) is 6.92 Å². The second-order valence-corrected chi connectivity index (χ2v) is 9.08. The van der Waals surface area contributed by atoms with E-state index in [0.717, 1.165) is 29.9 Å². The molecule has 1 amide bonds. The first-order valence-corrected chi connectivity index (χ1v) is 11.0. The van der Waals surface area contributed by atoms with Crippen LogP contribution in [-0.2, 0) is 10.0 Å². The van der Waals surface area contributed by atoms with E-state index in [1.807, 2.05) is 30.3 Å². The summed E-state index contributed by atoms with van der Waals surface area (Å²) in [6.07, 6.45) is 1.69. The summed E-state index contributed by atoms with van der Waals surface area (Å²) in [5.41, 5.74) is 1.82. The van der Waals surface area contributed by atoms with Gasteiger partial charge >= 0.3 is 0 Å². The number of anilines is 1. The van der Waals surface area contributed by atoms with Gasteiger partial charge in [0, 0.05) is 28.7 Å². The summed E-state index contributed by atoms with van der Waals surface area (Å²) in [6, 6.07) is 14.0. The normalized spacial score (nSPS) is 14.0. The maximum absolute atomic E-state index is 12.7. The molecule has 1 heterocycles. The van der Waals surface area contributed by atoms with Crippen molar-refractivity contribution in [2.75, 3.05) is 5.32 Å². The number of sulfonamides is 1. The smallest absolute Gasteiger partial charge is 0.257 e. The number of amides is 1. The van der Waals surface area contributed by atoms with Crippen molar-refractivity contribution in [3.05, 3.63) is 59.7 Å². The molecule has 0 atom stereocenters. The van der Waals surface area contributed by atoms with Gasteiger partial charge in [-0.05, 0) is 37.5 Å². The maximum Gasteiger partial charge on any atom is 0.257 e. The van der Waals surface area contributed by atoms with E-state index in [9.17, 15) is 13.2 Å². The second-order valence-electron chi connectivity index (χ2n) is 6.62. The number of hydrogen-bond donors (Lipinski definition) is 2. The summed E-state index contributed by atoms with van der Waals surface area (Å²) in [4.78, 5) is 17.1. The van der Waals surface area contributed by atoms with Crippen LogP contribution in [-0.4, -0.2) is 29.7 Å². The lowest BCUT2D eigenvalue weighted by atomic mass is 10.1. The van der Waals surface area contributed by atoms with E-state index >= 15 is 0 Å². The fourth-order valence-corrected chi connectivity index (χ4v) is 4.56. The van der Waals surface area contributed by atoms with Gasteiger partial charge in [-0.1, -0.05) is 36.4 Å². The zero-order chi connectivity index (χ0) is 19.7. The average molecular weight is 415 g/mol. The highest BCUT2D eigenvalue weighted by atomic mass is 32.2. The highest BCUT2D eigenvalue weighted by Gasteiger charge is 2.28. The molecule has 1 aliphatic rings. The molecule has 1 aliphatic carbocycles. The van der Waals surface area contributed by atoms with Gasteiger partial charge in [-0.25, -0.2) is 13.1 Å².